The quantitative estimate of drug-likeness (QED) is 0.138. The van der Waals surface area contributed by atoms with E-state index in [0.29, 0.717) is 0 Å². The van der Waals surface area contributed by atoms with Crippen LogP contribution in [0.15, 0.2) is 267 Å². The predicted octanol–water partition coefficient (Wildman–Crippen LogP) is 18.4. The Morgan fingerprint density at radius 1 is 0.206 bits per heavy atom. The Hall–Kier alpha value is -8.98. The molecule has 0 aliphatic carbocycles. The van der Waals surface area contributed by atoms with Gasteiger partial charge >= 0.3 is 0 Å². The Bertz CT molecular complexity index is 3870. The summed E-state index contributed by atoms with van der Waals surface area (Å²) in [5.41, 5.74) is 16.4. The van der Waals surface area contributed by atoms with Gasteiger partial charge in [-0.05, 0) is 144 Å². The maximum Gasteiger partial charge on any atom is 0.0541 e. The molecule has 0 saturated carbocycles. The second-order valence-corrected chi connectivity index (χ2v) is 17.7. The van der Waals surface area contributed by atoms with E-state index in [1.807, 2.05) is 0 Å². The first-order valence-corrected chi connectivity index (χ1v) is 23.4. The van der Waals surface area contributed by atoms with Crippen LogP contribution in [0, 0.1) is 0 Å². The Morgan fingerprint density at radius 2 is 0.500 bits per heavy atom. The van der Waals surface area contributed by atoms with E-state index in [9.17, 15) is 0 Å². The Balaban J connectivity index is 0.850. The first kappa shape index (κ1) is 39.4. The van der Waals surface area contributed by atoms with E-state index in [2.05, 4.69) is 276 Å². The molecule has 1 aromatic heterocycles. The van der Waals surface area contributed by atoms with Crippen LogP contribution in [0.3, 0.4) is 0 Å². The highest BCUT2D eigenvalue weighted by Crippen LogP contribution is 2.41. The number of anilines is 3. The molecule has 318 valence electrons. The first-order chi connectivity index (χ1) is 33.7. The molecule has 13 rings (SSSR count). The Labute approximate surface area is 395 Å². The molecule has 0 aliphatic heterocycles. The normalized spacial score (nSPS) is 11.5. The van der Waals surface area contributed by atoms with E-state index in [1.54, 1.807) is 0 Å². The number of fused-ring (bicyclic) bond motifs is 9. The molecule has 0 bridgehead atoms. The zero-order valence-corrected chi connectivity index (χ0v) is 37.3. The lowest BCUT2D eigenvalue weighted by Crippen LogP contribution is -2.09. The monoisotopic (exact) mass is 864 g/mol. The van der Waals surface area contributed by atoms with Gasteiger partial charge in [0.05, 0.1) is 11.0 Å². The highest BCUT2D eigenvalue weighted by Gasteiger charge is 2.16. The van der Waals surface area contributed by atoms with Crippen molar-refractivity contribution < 1.29 is 0 Å². The minimum atomic E-state index is 1.09. The van der Waals surface area contributed by atoms with Gasteiger partial charge in [0.1, 0.15) is 0 Å². The summed E-state index contributed by atoms with van der Waals surface area (Å²) in [6.45, 7) is 0. The van der Waals surface area contributed by atoms with Crippen molar-refractivity contribution in [3.8, 4) is 50.2 Å². The van der Waals surface area contributed by atoms with Gasteiger partial charge in [0.25, 0.3) is 0 Å². The van der Waals surface area contributed by atoms with Gasteiger partial charge in [-0.15, -0.1) is 0 Å². The van der Waals surface area contributed by atoms with Crippen LogP contribution in [0.2, 0.25) is 0 Å². The fraction of sp³-hybridized carbons (Fsp3) is 0. The molecule has 0 fully saturated rings. The third kappa shape index (κ3) is 6.82. The van der Waals surface area contributed by atoms with Crippen molar-refractivity contribution in [2.45, 2.75) is 0 Å². The van der Waals surface area contributed by atoms with Crippen molar-refractivity contribution in [3.05, 3.63) is 267 Å². The topological polar surface area (TPSA) is 8.17 Å². The summed E-state index contributed by atoms with van der Waals surface area (Å²) in [7, 11) is 0. The molecule has 12 aromatic carbocycles. The predicted molar refractivity (Wildman–Crippen MR) is 290 cm³/mol. The Kier molecular flexibility index (Phi) is 9.54. The summed E-state index contributed by atoms with van der Waals surface area (Å²) in [6.07, 6.45) is 0. The summed E-state index contributed by atoms with van der Waals surface area (Å²) in [5, 5.41) is 10.2. The number of nitrogens with zero attached hydrogens (tertiary/aromatic N) is 2. The lowest BCUT2D eigenvalue weighted by Gasteiger charge is -2.26. The van der Waals surface area contributed by atoms with Crippen LogP contribution < -0.4 is 4.90 Å². The fourth-order valence-corrected chi connectivity index (χ4v) is 10.4. The third-order valence-corrected chi connectivity index (χ3v) is 13.8. The number of rotatable bonds is 8. The average Bonchev–Trinajstić information content (AvgIpc) is 3.76. The largest absolute Gasteiger partial charge is 0.311 e. The van der Waals surface area contributed by atoms with Gasteiger partial charge in [0, 0.05) is 33.5 Å². The van der Waals surface area contributed by atoms with E-state index in [-0.39, 0.29) is 0 Å². The molecule has 2 heteroatoms. The van der Waals surface area contributed by atoms with Crippen LogP contribution in [-0.2, 0) is 0 Å². The molecule has 0 unspecified atom stereocenters. The van der Waals surface area contributed by atoms with Crippen molar-refractivity contribution >= 4 is 71.2 Å². The van der Waals surface area contributed by atoms with Gasteiger partial charge < -0.3 is 9.47 Å². The molecule has 0 radical (unpaired) electrons. The van der Waals surface area contributed by atoms with Gasteiger partial charge in [-0.3, -0.25) is 0 Å². The first-order valence-electron chi connectivity index (χ1n) is 23.4. The maximum atomic E-state index is 2.37. The molecule has 0 saturated heterocycles. The van der Waals surface area contributed by atoms with Gasteiger partial charge in [-0.25, -0.2) is 0 Å². The van der Waals surface area contributed by atoms with Crippen LogP contribution in [0.25, 0.3) is 104 Å². The molecule has 0 spiro atoms. The summed E-state index contributed by atoms with van der Waals surface area (Å²) in [5.74, 6) is 0. The number of hydrogen-bond donors (Lipinski definition) is 0. The lowest BCUT2D eigenvalue weighted by atomic mass is 9.92. The molecule has 68 heavy (non-hydrogen) atoms. The zero-order valence-electron chi connectivity index (χ0n) is 37.3. The smallest absolute Gasteiger partial charge is 0.0541 e. The van der Waals surface area contributed by atoms with Crippen molar-refractivity contribution in [1.82, 2.24) is 4.57 Å². The van der Waals surface area contributed by atoms with Crippen LogP contribution >= 0.6 is 0 Å². The standard InChI is InChI=1S/C66H44N2/c1-2-12-45(13-3-1)46-22-24-47(25-23-46)48-26-35-53(36-27-48)67(55-39-32-51(33-40-55)52-34-43-61-59-16-5-4-14-57(59)58-15-6-7-17-60(58)64(61)44-52)54-37-28-49(29-38-54)50-30-41-56(42-31-50)68-65-20-10-8-18-62(65)63-19-9-11-21-66(63)68/h1-44H. The Morgan fingerprint density at radius 3 is 0.941 bits per heavy atom. The molecular formula is C66H44N2. The molecular weight excluding hydrogens is 821 g/mol. The maximum absolute atomic E-state index is 2.37. The molecule has 0 atom stereocenters. The van der Waals surface area contributed by atoms with E-state index in [4.69, 9.17) is 0 Å². The third-order valence-electron chi connectivity index (χ3n) is 13.8. The molecule has 0 N–H and O–H groups in total. The van der Waals surface area contributed by atoms with Crippen LogP contribution in [0.5, 0.6) is 0 Å². The second kappa shape index (κ2) is 16.5. The molecule has 0 amide bonds. The van der Waals surface area contributed by atoms with Gasteiger partial charge in [-0.1, -0.05) is 200 Å². The summed E-state index contributed by atoms with van der Waals surface area (Å²) in [6, 6.07) is 97.3. The fourth-order valence-electron chi connectivity index (χ4n) is 10.4. The van der Waals surface area contributed by atoms with E-state index < -0.39 is 0 Å². The van der Waals surface area contributed by atoms with Crippen LogP contribution in [0.1, 0.15) is 0 Å². The van der Waals surface area contributed by atoms with E-state index in [1.165, 1.54) is 98.6 Å². The van der Waals surface area contributed by atoms with Crippen molar-refractivity contribution in [2.24, 2.45) is 0 Å². The minimum absolute atomic E-state index is 1.09. The van der Waals surface area contributed by atoms with Gasteiger partial charge in [0.15, 0.2) is 0 Å². The average molecular weight is 865 g/mol. The van der Waals surface area contributed by atoms with Gasteiger partial charge in [-0.2, -0.15) is 0 Å². The summed E-state index contributed by atoms with van der Waals surface area (Å²) >= 11 is 0. The van der Waals surface area contributed by atoms with Gasteiger partial charge in [0.2, 0.25) is 0 Å². The van der Waals surface area contributed by atoms with Crippen molar-refractivity contribution in [3.63, 3.8) is 0 Å². The second-order valence-electron chi connectivity index (χ2n) is 17.7. The SMILES string of the molecule is c1ccc(-c2ccc(-c3ccc(N(c4ccc(-c5ccc(-n6c7ccccc7c7ccccc76)cc5)cc4)c4ccc(-c5ccc6c7ccccc7c7ccccc7c6c5)cc4)cc3)cc2)cc1. The molecule has 2 nitrogen and oxygen atoms in total. The minimum Gasteiger partial charge on any atom is -0.311 e. The molecule has 1 heterocycles. The van der Waals surface area contributed by atoms with Crippen molar-refractivity contribution in [1.29, 1.82) is 0 Å². The van der Waals surface area contributed by atoms with Crippen LogP contribution in [0.4, 0.5) is 17.1 Å². The van der Waals surface area contributed by atoms with E-state index >= 15 is 0 Å². The summed E-state index contributed by atoms with van der Waals surface area (Å²) < 4.78 is 2.37. The van der Waals surface area contributed by atoms with Crippen molar-refractivity contribution in [2.75, 3.05) is 4.90 Å². The highest BCUT2D eigenvalue weighted by molar-refractivity contribution is 6.25. The number of para-hydroxylation sites is 2. The summed E-state index contributed by atoms with van der Waals surface area (Å²) in [4.78, 5) is 2.36. The number of aromatic nitrogens is 1. The highest BCUT2D eigenvalue weighted by atomic mass is 15.1. The zero-order chi connectivity index (χ0) is 45.0. The van der Waals surface area contributed by atoms with Crippen LogP contribution in [-0.4, -0.2) is 4.57 Å². The van der Waals surface area contributed by atoms with E-state index in [0.717, 1.165) is 22.7 Å². The molecule has 0 aliphatic rings. The lowest BCUT2D eigenvalue weighted by molar-refractivity contribution is 1.18. The molecule has 13 aromatic rings. The number of benzene rings is 12. The number of hydrogen-bond acceptors (Lipinski definition) is 1.